The number of hydrogen-bond donors (Lipinski definition) is 0. The van der Waals surface area contributed by atoms with Crippen LogP contribution in [-0.2, 0) is 21.0 Å². The van der Waals surface area contributed by atoms with E-state index in [4.69, 9.17) is 25.5 Å². The van der Waals surface area contributed by atoms with Crippen LogP contribution in [0.4, 0.5) is 5.69 Å². The zero-order chi connectivity index (χ0) is 36.7. The second-order valence-corrected chi connectivity index (χ2v) is 23.8. The van der Waals surface area contributed by atoms with E-state index in [0.29, 0.717) is 35.2 Å². The standard InChI is InChI=1S/C42H56ClN3O4SSi/c1-41(2,3)52(5,6)50-38(29-10-7-12-33(23-29)51-40-44-20-9-21-45-40)34-16-13-31(34)25-46-26-42(19-8-11-28-22-32(43)15-17-35(28)42)27-49-37-18-14-30(24-36(37)46)39(47)48-4/h9,14-15,17-18,20-22,24,29,31,33-34,38H,7-8,10-13,16,19,23,25-27H2,1-6H3/t29-,31+,33+,34-,38-,42?/m1/s1. The zero-order valence-corrected chi connectivity index (χ0v) is 34.4. The van der Waals surface area contributed by atoms with Crippen molar-refractivity contribution >= 4 is 43.3 Å². The number of benzene rings is 2. The molecule has 6 atom stereocenters. The molecule has 3 aromatic rings. The molecule has 1 spiro atoms. The molecule has 1 unspecified atom stereocenters. The number of methoxy groups -OCH3 is 1. The molecular weight excluding hydrogens is 706 g/mol. The van der Waals surface area contributed by atoms with Gasteiger partial charge in [-0.25, -0.2) is 14.8 Å². The summed E-state index contributed by atoms with van der Waals surface area (Å²) in [6.45, 7) is 14.3. The lowest BCUT2D eigenvalue weighted by Gasteiger charge is -2.52. The van der Waals surface area contributed by atoms with Gasteiger partial charge in [0, 0.05) is 41.2 Å². The van der Waals surface area contributed by atoms with Crippen LogP contribution in [0, 0.1) is 17.8 Å². The van der Waals surface area contributed by atoms with E-state index in [0.717, 1.165) is 60.4 Å². The third kappa shape index (κ3) is 7.80. The van der Waals surface area contributed by atoms with Crippen LogP contribution in [-0.4, -0.2) is 62.4 Å². The van der Waals surface area contributed by atoms with E-state index >= 15 is 0 Å². The number of ether oxygens (including phenoxy) is 2. The van der Waals surface area contributed by atoms with Crippen molar-refractivity contribution in [2.75, 3.05) is 31.7 Å². The summed E-state index contributed by atoms with van der Waals surface area (Å²) in [5.74, 6) is 1.96. The lowest BCUT2D eigenvalue weighted by Crippen LogP contribution is -2.54. The first-order valence-corrected chi connectivity index (χ1v) is 23.5. The van der Waals surface area contributed by atoms with Gasteiger partial charge in [0.1, 0.15) is 5.75 Å². The van der Waals surface area contributed by atoms with Crippen LogP contribution in [0.3, 0.4) is 0 Å². The summed E-state index contributed by atoms with van der Waals surface area (Å²) in [6.07, 6.45) is 14.2. The average Bonchev–Trinajstić information content (AvgIpc) is 3.26. The van der Waals surface area contributed by atoms with Crippen molar-refractivity contribution in [1.29, 1.82) is 0 Å². The Bertz CT molecular complexity index is 1740. The van der Waals surface area contributed by atoms with Gasteiger partial charge in [-0.05, 0) is 135 Å². The number of carbonyl (C=O) groups is 1. The molecule has 3 aliphatic carbocycles. The predicted molar refractivity (Wildman–Crippen MR) is 213 cm³/mol. The number of nitrogens with zero attached hydrogens (tertiary/aromatic N) is 3. The first-order valence-electron chi connectivity index (χ1n) is 19.4. The minimum atomic E-state index is -2.07. The largest absolute Gasteiger partial charge is 0.490 e. The molecule has 7 nitrogen and oxygen atoms in total. The quantitative estimate of drug-likeness (QED) is 0.121. The van der Waals surface area contributed by atoms with Crippen LogP contribution < -0.4 is 9.64 Å². The monoisotopic (exact) mass is 761 g/mol. The molecule has 7 rings (SSSR count). The molecule has 1 aliphatic heterocycles. The average molecular weight is 763 g/mol. The molecular formula is C42H56ClN3O4SSi. The van der Waals surface area contributed by atoms with Crippen LogP contribution in [0.1, 0.15) is 93.6 Å². The SMILES string of the molecule is COC(=O)c1ccc2c(c1)N(C[C@@H]1CC[C@H]1[C@H](O[Si](C)(C)C(C)(C)C)[C@@H]1CCC[C@H](Sc3ncccn3)C1)CC1(CCCc3cc(Cl)ccc31)CO2. The fraction of sp³-hybridized carbons (Fsp3) is 0.595. The fourth-order valence-corrected chi connectivity index (χ4v) is 11.8. The van der Waals surface area contributed by atoms with Crippen molar-refractivity contribution < 1.29 is 18.7 Å². The van der Waals surface area contributed by atoms with Gasteiger partial charge < -0.3 is 18.8 Å². The smallest absolute Gasteiger partial charge is 0.337 e. The summed E-state index contributed by atoms with van der Waals surface area (Å²) in [5, 5.41) is 2.29. The molecule has 2 saturated carbocycles. The highest BCUT2D eigenvalue weighted by Crippen LogP contribution is 2.51. The number of thioether (sulfide) groups is 1. The highest BCUT2D eigenvalue weighted by atomic mass is 35.5. The van der Waals surface area contributed by atoms with E-state index in [-0.39, 0.29) is 22.5 Å². The normalized spacial score (nSPS) is 26.7. The van der Waals surface area contributed by atoms with E-state index in [9.17, 15) is 4.79 Å². The van der Waals surface area contributed by atoms with Gasteiger partial charge in [0.05, 0.1) is 31.1 Å². The van der Waals surface area contributed by atoms with Gasteiger partial charge >= 0.3 is 5.97 Å². The molecule has 0 amide bonds. The van der Waals surface area contributed by atoms with Crippen LogP contribution in [0.5, 0.6) is 5.75 Å². The Morgan fingerprint density at radius 2 is 1.90 bits per heavy atom. The van der Waals surface area contributed by atoms with Crippen molar-refractivity contribution in [3.8, 4) is 5.75 Å². The molecule has 2 fully saturated rings. The maximum absolute atomic E-state index is 12.8. The molecule has 10 heteroatoms. The topological polar surface area (TPSA) is 73.8 Å². The fourth-order valence-electron chi connectivity index (χ4n) is 9.03. The van der Waals surface area contributed by atoms with Gasteiger partial charge in [-0.2, -0.15) is 0 Å². The minimum Gasteiger partial charge on any atom is -0.490 e. The molecule has 0 radical (unpaired) electrons. The van der Waals surface area contributed by atoms with Crippen molar-refractivity contribution in [2.24, 2.45) is 17.8 Å². The van der Waals surface area contributed by atoms with E-state index < -0.39 is 8.32 Å². The Hall–Kier alpha value is -2.59. The van der Waals surface area contributed by atoms with Crippen molar-refractivity contribution in [2.45, 2.75) is 119 Å². The molecule has 2 aromatic carbocycles. The van der Waals surface area contributed by atoms with Gasteiger partial charge in [-0.3, -0.25) is 0 Å². The summed E-state index contributed by atoms with van der Waals surface area (Å²) < 4.78 is 19.5. The number of anilines is 1. The van der Waals surface area contributed by atoms with Gasteiger partial charge in [-0.15, -0.1) is 0 Å². The Kier molecular flexibility index (Phi) is 11.1. The van der Waals surface area contributed by atoms with E-state index in [1.54, 1.807) is 0 Å². The van der Waals surface area contributed by atoms with Crippen LogP contribution in [0.15, 0.2) is 60.0 Å². The Balaban J connectivity index is 1.20. The van der Waals surface area contributed by atoms with Crippen molar-refractivity contribution in [3.63, 3.8) is 0 Å². The second-order valence-electron chi connectivity index (χ2n) is 17.3. The van der Waals surface area contributed by atoms with Crippen LogP contribution in [0.25, 0.3) is 0 Å². The number of rotatable bonds is 9. The number of halogens is 1. The summed E-state index contributed by atoms with van der Waals surface area (Å²) >= 11 is 8.37. The number of hydrogen-bond acceptors (Lipinski definition) is 8. The maximum atomic E-state index is 12.8. The molecule has 0 N–H and O–H groups in total. The van der Waals surface area contributed by atoms with Crippen LogP contribution in [0.2, 0.25) is 23.2 Å². The Morgan fingerprint density at radius 3 is 2.63 bits per heavy atom. The lowest BCUT2D eigenvalue weighted by molar-refractivity contribution is -0.0225. The molecule has 1 aromatic heterocycles. The summed E-state index contributed by atoms with van der Waals surface area (Å²) in [6, 6.07) is 14.1. The number of aromatic nitrogens is 2. The number of esters is 1. The van der Waals surface area contributed by atoms with Crippen molar-refractivity contribution in [3.05, 3.63) is 76.6 Å². The maximum Gasteiger partial charge on any atom is 0.337 e. The van der Waals surface area contributed by atoms with Crippen LogP contribution >= 0.6 is 23.4 Å². The van der Waals surface area contributed by atoms with Gasteiger partial charge in [0.15, 0.2) is 13.5 Å². The van der Waals surface area contributed by atoms with E-state index in [1.165, 1.54) is 50.3 Å². The number of carbonyl (C=O) groups excluding carboxylic acids is 1. The molecule has 2 heterocycles. The van der Waals surface area contributed by atoms with Gasteiger partial charge in [0.25, 0.3) is 0 Å². The Labute approximate surface area is 321 Å². The highest BCUT2D eigenvalue weighted by Gasteiger charge is 2.49. The molecule has 280 valence electrons. The third-order valence-corrected chi connectivity index (χ3v) is 18.9. The molecule has 0 saturated heterocycles. The predicted octanol–water partition coefficient (Wildman–Crippen LogP) is 10.2. The molecule has 0 bridgehead atoms. The minimum absolute atomic E-state index is 0.125. The van der Waals surface area contributed by atoms with Gasteiger partial charge in [-0.1, -0.05) is 56.6 Å². The lowest BCUT2D eigenvalue weighted by atomic mass is 9.65. The van der Waals surface area contributed by atoms with Gasteiger partial charge in [0.2, 0.25) is 0 Å². The molecule has 52 heavy (non-hydrogen) atoms. The summed E-state index contributed by atoms with van der Waals surface area (Å²) in [7, 11) is -0.620. The summed E-state index contributed by atoms with van der Waals surface area (Å²) in [4.78, 5) is 24.5. The van der Waals surface area contributed by atoms with Crippen molar-refractivity contribution in [1.82, 2.24) is 9.97 Å². The Morgan fingerprint density at radius 1 is 1.10 bits per heavy atom. The van der Waals surface area contributed by atoms with E-state index in [1.807, 2.05) is 54.5 Å². The number of aryl methyl sites for hydroxylation is 1. The summed E-state index contributed by atoms with van der Waals surface area (Å²) in [5.41, 5.74) is 4.06. The van der Waals surface area contributed by atoms with E-state index in [2.05, 4.69) is 60.9 Å². The number of fused-ring (bicyclic) bond motifs is 3. The zero-order valence-electron chi connectivity index (χ0n) is 31.8. The molecule has 4 aliphatic rings. The first-order chi connectivity index (χ1) is 24.9. The second kappa shape index (κ2) is 15.3. The third-order valence-electron chi connectivity index (χ3n) is 13.0. The first kappa shape index (κ1) is 37.7. The highest BCUT2D eigenvalue weighted by molar-refractivity contribution is 7.99.